The molecule has 1 atom stereocenters. The van der Waals surface area contributed by atoms with E-state index in [-0.39, 0.29) is 11.8 Å². The molecule has 134 valence electrons. The van der Waals surface area contributed by atoms with Crippen molar-refractivity contribution in [3.05, 3.63) is 58.6 Å². The van der Waals surface area contributed by atoms with Gasteiger partial charge in [-0.1, -0.05) is 36.7 Å². The number of carbonyl (C=O) groups is 2. The number of rotatable bonds is 5. The highest BCUT2D eigenvalue weighted by Crippen LogP contribution is 2.26. The predicted octanol–water partition coefficient (Wildman–Crippen LogP) is 3.48. The summed E-state index contributed by atoms with van der Waals surface area (Å²) in [5.74, 6) is -0.454. The molecule has 0 aliphatic carbocycles. The molecule has 2 rings (SSSR count). The van der Waals surface area contributed by atoms with E-state index in [1.54, 1.807) is 50.5 Å². The predicted molar refractivity (Wildman–Crippen MR) is 102 cm³/mol. The van der Waals surface area contributed by atoms with E-state index >= 15 is 0 Å². The molecular formula is C20H20ClN3O2. The van der Waals surface area contributed by atoms with Gasteiger partial charge in [0.15, 0.2) is 0 Å². The van der Waals surface area contributed by atoms with Gasteiger partial charge in [-0.25, -0.2) is 0 Å². The van der Waals surface area contributed by atoms with Crippen molar-refractivity contribution in [2.75, 3.05) is 14.1 Å². The van der Waals surface area contributed by atoms with Crippen LogP contribution >= 0.6 is 11.6 Å². The largest absolute Gasteiger partial charge is 0.347 e. The first-order chi connectivity index (χ1) is 12.4. The van der Waals surface area contributed by atoms with Crippen molar-refractivity contribution in [1.29, 1.82) is 5.26 Å². The van der Waals surface area contributed by atoms with Gasteiger partial charge in [0.1, 0.15) is 12.1 Å². The molecule has 2 amide bonds. The van der Waals surface area contributed by atoms with Crippen molar-refractivity contribution in [1.82, 2.24) is 10.2 Å². The highest BCUT2D eigenvalue weighted by atomic mass is 35.5. The van der Waals surface area contributed by atoms with Crippen molar-refractivity contribution < 1.29 is 9.59 Å². The average Bonchev–Trinajstić information content (AvgIpc) is 2.65. The lowest BCUT2D eigenvalue weighted by Gasteiger charge is -2.20. The summed E-state index contributed by atoms with van der Waals surface area (Å²) in [6.45, 7) is 1.85. The zero-order valence-electron chi connectivity index (χ0n) is 14.9. The molecular weight excluding hydrogens is 350 g/mol. The first-order valence-electron chi connectivity index (χ1n) is 8.19. The van der Waals surface area contributed by atoms with E-state index in [0.29, 0.717) is 22.6 Å². The Hall–Kier alpha value is -2.84. The SMILES string of the molecule is CC[C@H](NC(=O)c1cccc(-c2ccc(C#N)c(Cl)c2)c1)C(=O)N(C)C. The Labute approximate surface area is 158 Å². The minimum atomic E-state index is -0.564. The maximum Gasteiger partial charge on any atom is 0.251 e. The fourth-order valence-corrected chi connectivity index (χ4v) is 2.74. The van der Waals surface area contributed by atoms with E-state index in [0.717, 1.165) is 11.1 Å². The molecule has 0 unspecified atom stereocenters. The summed E-state index contributed by atoms with van der Waals surface area (Å²) in [7, 11) is 3.32. The van der Waals surface area contributed by atoms with Crippen LogP contribution in [0.2, 0.25) is 5.02 Å². The second-order valence-corrected chi connectivity index (χ2v) is 6.46. The lowest BCUT2D eigenvalue weighted by atomic mass is 10.0. The number of nitriles is 1. The molecule has 0 heterocycles. The van der Waals surface area contributed by atoms with E-state index in [9.17, 15) is 9.59 Å². The molecule has 0 saturated carbocycles. The first-order valence-corrected chi connectivity index (χ1v) is 8.57. The molecule has 0 aliphatic rings. The molecule has 1 N–H and O–H groups in total. The highest BCUT2D eigenvalue weighted by Gasteiger charge is 2.21. The summed E-state index contributed by atoms with van der Waals surface area (Å²) in [5, 5.41) is 12.1. The maximum absolute atomic E-state index is 12.5. The Morgan fingerprint density at radius 3 is 2.46 bits per heavy atom. The quantitative estimate of drug-likeness (QED) is 0.876. The number of benzene rings is 2. The van der Waals surface area contributed by atoms with Crippen LogP contribution in [-0.2, 0) is 4.79 Å². The zero-order chi connectivity index (χ0) is 19.3. The standard InChI is InChI=1S/C20H20ClN3O2/c1-4-18(20(26)24(2)3)23-19(25)15-7-5-6-13(10-15)14-8-9-16(12-22)17(21)11-14/h5-11,18H,4H2,1-3H3,(H,23,25)/t18-/m0/s1. The minimum absolute atomic E-state index is 0.143. The monoisotopic (exact) mass is 369 g/mol. The van der Waals surface area contributed by atoms with E-state index in [2.05, 4.69) is 5.32 Å². The Morgan fingerprint density at radius 2 is 1.88 bits per heavy atom. The Bertz CT molecular complexity index is 872. The highest BCUT2D eigenvalue weighted by molar-refractivity contribution is 6.32. The van der Waals surface area contributed by atoms with Gasteiger partial charge in [-0.3, -0.25) is 9.59 Å². The molecule has 0 radical (unpaired) electrons. The number of nitrogens with zero attached hydrogens (tertiary/aromatic N) is 2. The van der Waals surface area contributed by atoms with Crippen LogP contribution in [-0.4, -0.2) is 36.9 Å². The van der Waals surface area contributed by atoms with Gasteiger partial charge < -0.3 is 10.2 Å². The van der Waals surface area contributed by atoms with Crippen LogP contribution in [0.1, 0.15) is 29.3 Å². The van der Waals surface area contributed by atoms with Gasteiger partial charge in [0.05, 0.1) is 10.6 Å². The summed E-state index contributed by atoms with van der Waals surface area (Å²) in [5.41, 5.74) is 2.46. The fourth-order valence-electron chi connectivity index (χ4n) is 2.52. The van der Waals surface area contributed by atoms with Gasteiger partial charge in [-0.05, 0) is 41.8 Å². The first kappa shape index (κ1) is 19.5. The molecule has 0 aromatic heterocycles. The summed E-state index contributed by atoms with van der Waals surface area (Å²) < 4.78 is 0. The van der Waals surface area contributed by atoms with Crippen molar-refractivity contribution in [2.45, 2.75) is 19.4 Å². The molecule has 2 aromatic carbocycles. The lowest BCUT2D eigenvalue weighted by molar-refractivity contribution is -0.130. The number of amides is 2. The van der Waals surface area contributed by atoms with E-state index in [4.69, 9.17) is 16.9 Å². The van der Waals surface area contributed by atoms with Gasteiger partial charge in [0.2, 0.25) is 5.91 Å². The third-order valence-corrected chi connectivity index (χ3v) is 4.31. The van der Waals surface area contributed by atoms with E-state index in [1.165, 1.54) is 4.90 Å². The molecule has 0 bridgehead atoms. The molecule has 6 heteroatoms. The fraction of sp³-hybridized carbons (Fsp3) is 0.250. The molecule has 0 fully saturated rings. The van der Waals surface area contributed by atoms with Crippen LogP contribution < -0.4 is 5.32 Å². The third kappa shape index (κ3) is 4.41. The van der Waals surface area contributed by atoms with Crippen LogP contribution in [0, 0.1) is 11.3 Å². The smallest absolute Gasteiger partial charge is 0.251 e. The van der Waals surface area contributed by atoms with Gasteiger partial charge in [0, 0.05) is 19.7 Å². The lowest BCUT2D eigenvalue weighted by Crippen LogP contribution is -2.45. The van der Waals surface area contributed by atoms with Crippen molar-refractivity contribution in [3.63, 3.8) is 0 Å². The van der Waals surface area contributed by atoms with Gasteiger partial charge >= 0.3 is 0 Å². The summed E-state index contributed by atoms with van der Waals surface area (Å²) in [6.07, 6.45) is 0.508. The van der Waals surface area contributed by atoms with Gasteiger partial charge in [0.25, 0.3) is 5.91 Å². The number of hydrogen-bond donors (Lipinski definition) is 1. The second-order valence-electron chi connectivity index (χ2n) is 6.05. The number of hydrogen-bond acceptors (Lipinski definition) is 3. The Kier molecular flexibility index (Phi) is 6.37. The van der Waals surface area contributed by atoms with Crippen molar-refractivity contribution >= 4 is 23.4 Å². The topological polar surface area (TPSA) is 73.2 Å². The molecule has 2 aromatic rings. The summed E-state index contributed by atoms with van der Waals surface area (Å²) in [6, 6.07) is 13.6. The molecule has 0 saturated heterocycles. The van der Waals surface area contributed by atoms with Crippen LogP contribution in [0.25, 0.3) is 11.1 Å². The number of carbonyl (C=O) groups excluding carboxylic acids is 2. The Balaban J connectivity index is 2.26. The maximum atomic E-state index is 12.5. The zero-order valence-corrected chi connectivity index (χ0v) is 15.7. The third-order valence-electron chi connectivity index (χ3n) is 4.00. The Morgan fingerprint density at radius 1 is 1.19 bits per heavy atom. The molecule has 5 nitrogen and oxygen atoms in total. The van der Waals surface area contributed by atoms with Crippen LogP contribution in [0.4, 0.5) is 0 Å². The van der Waals surface area contributed by atoms with Crippen molar-refractivity contribution in [3.8, 4) is 17.2 Å². The molecule has 0 aliphatic heterocycles. The van der Waals surface area contributed by atoms with Crippen molar-refractivity contribution in [2.24, 2.45) is 0 Å². The number of nitrogens with one attached hydrogen (secondary N) is 1. The van der Waals surface area contributed by atoms with E-state index < -0.39 is 6.04 Å². The minimum Gasteiger partial charge on any atom is -0.347 e. The van der Waals surface area contributed by atoms with E-state index in [1.807, 2.05) is 19.1 Å². The average molecular weight is 370 g/mol. The summed E-state index contributed by atoms with van der Waals surface area (Å²) >= 11 is 6.09. The number of likely N-dealkylation sites (N-methyl/N-ethyl adjacent to an activating group) is 1. The van der Waals surface area contributed by atoms with Crippen LogP contribution in [0.15, 0.2) is 42.5 Å². The van der Waals surface area contributed by atoms with Gasteiger partial charge in [-0.15, -0.1) is 0 Å². The van der Waals surface area contributed by atoms with Gasteiger partial charge in [-0.2, -0.15) is 5.26 Å². The normalized spacial score (nSPS) is 11.3. The molecule has 26 heavy (non-hydrogen) atoms. The number of halogens is 1. The summed E-state index contributed by atoms with van der Waals surface area (Å²) in [4.78, 5) is 26.1. The van der Waals surface area contributed by atoms with Crippen LogP contribution in [0.3, 0.4) is 0 Å². The second kappa shape index (κ2) is 8.50. The molecule has 0 spiro atoms. The van der Waals surface area contributed by atoms with Crippen LogP contribution in [0.5, 0.6) is 0 Å².